The number of hydrogen-bond donors (Lipinski definition) is 2. The third-order valence-electron chi connectivity index (χ3n) is 4.42. The molecule has 0 aliphatic heterocycles. The van der Waals surface area contributed by atoms with Gasteiger partial charge in [-0.05, 0) is 49.5 Å². The summed E-state index contributed by atoms with van der Waals surface area (Å²) in [7, 11) is 3.89. The number of likely N-dealkylation sites (N-methyl/N-ethyl adjacent to an activating group) is 1. The van der Waals surface area contributed by atoms with Crippen LogP contribution in [0.5, 0.6) is 5.75 Å². The Labute approximate surface area is 166 Å². The lowest BCUT2D eigenvalue weighted by atomic mass is 9.98. The normalized spacial score (nSPS) is 10.8. The fourth-order valence-electron chi connectivity index (χ4n) is 3.04. The fraction of sp³-hybridized carbons (Fsp3) is 0.217. The number of ether oxygens (including phenoxy) is 1. The molecule has 0 spiro atoms. The van der Waals surface area contributed by atoms with E-state index in [4.69, 9.17) is 15.9 Å². The maximum Gasteiger partial charge on any atom is 0.127 e. The van der Waals surface area contributed by atoms with Crippen LogP contribution in [0.3, 0.4) is 0 Å². The minimum absolute atomic E-state index is 0.499. The number of nitrogens with zero attached hydrogens (tertiary/aromatic N) is 2. The highest BCUT2D eigenvalue weighted by atomic mass is 16.5. The summed E-state index contributed by atoms with van der Waals surface area (Å²) in [4.78, 5) is 6.10. The van der Waals surface area contributed by atoms with Crippen molar-refractivity contribution in [1.82, 2.24) is 9.88 Å². The number of rotatable bonds is 8. The molecule has 28 heavy (non-hydrogen) atoms. The minimum Gasteiger partial charge on any atom is -0.493 e. The highest BCUT2D eigenvalue weighted by molar-refractivity contribution is 6.05. The van der Waals surface area contributed by atoms with Gasteiger partial charge in [-0.2, -0.15) is 0 Å². The van der Waals surface area contributed by atoms with Gasteiger partial charge in [0.2, 0.25) is 0 Å². The van der Waals surface area contributed by atoms with Gasteiger partial charge < -0.3 is 20.8 Å². The highest BCUT2D eigenvalue weighted by Gasteiger charge is 2.12. The van der Waals surface area contributed by atoms with Crippen molar-refractivity contribution >= 4 is 11.4 Å². The molecule has 0 saturated heterocycles. The molecular formula is C23H26N4O. The third kappa shape index (κ3) is 4.96. The van der Waals surface area contributed by atoms with Gasteiger partial charge in [0.1, 0.15) is 5.75 Å². The maximum atomic E-state index is 8.36. The van der Waals surface area contributed by atoms with E-state index >= 15 is 0 Å². The average Bonchev–Trinajstić information content (AvgIpc) is 2.69. The summed E-state index contributed by atoms with van der Waals surface area (Å²) < 4.78 is 6.07. The number of anilines is 1. The Morgan fingerprint density at radius 2 is 1.93 bits per heavy atom. The zero-order valence-corrected chi connectivity index (χ0v) is 16.4. The zero-order valence-electron chi connectivity index (χ0n) is 16.4. The predicted octanol–water partition coefficient (Wildman–Crippen LogP) is 3.88. The van der Waals surface area contributed by atoms with Crippen molar-refractivity contribution in [2.75, 3.05) is 33.0 Å². The van der Waals surface area contributed by atoms with Crippen LogP contribution in [0.2, 0.25) is 0 Å². The van der Waals surface area contributed by atoms with Crippen LogP contribution in [0, 0.1) is 5.41 Å². The van der Waals surface area contributed by atoms with E-state index in [2.05, 4.69) is 4.98 Å². The quantitative estimate of drug-likeness (QED) is 0.463. The number of para-hydroxylation sites is 1. The Balaban J connectivity index is 1.81. The van der Waals surface area contributed by atoms with Gasteiger partial charge in [-0.1, -0.05) is 30.3 Å². The third-order valence-corrected chi connectivity index (χ3v) is 4.42. The maximum absolute atomic E-state index is 8.36. The van der Waals surface area contributed by atoms with Crippen LogP contribution in [0.25, 0.3) is 11.1 Å². The first-order valence-corrected chi connectivity index (χ1v) is 9.28. The average molecular weight is 374 g/mol. The van der Waals surface area contributed by atoms with Gasteiger partial charge in [-0.15, -0.1) is 0 Å². The second kappa shape index (κ2) is 9.15. The van der Waals surface area contributed by atoms with Crippen LogP contribution in [0.1, 0.15) is 11.1 Å². The standard InChI is InChI=1S/C23H26N4O/c1-27(2)16-22(25)20-14-18(9-10-21(20)24)19-7-3-4-8-23(19)28-13-11-17-6-5-12-26-15-17/h3-10,12,14-15,25H,11,13,16,24H2,1-2H3. The fourth-order valence-corrected chi connectivity index (χ4v) is 3.04. The van der Waals surface area contributed by atoms with Crippen LogP contribution in [-0.2, 0) is 6.42 Å². The minimum atomic E-state index is 0.499. The van der Waals surface area contributed by atoms with E-state index in [1.807, 2.05) is 79.8 Å². The first kappa shape index (κ1) is 19.6. The molecule has 0 aliphatic rings. The molecule has 0 radical (unpaired) electrons. The number of nitrogen functional groups attached to an aromatic ring is 1. The summed E-state index contributed by atoms with van der Waals surface area (Å²) in [6.07, 6.45) is 4.42. The van der Waals surface area contributed by atoms with Gasteiger partial charge in [0.15, 0.2) is 0 Å². The summed E-state index contributed by atoms with van der Waals surface area (Å²) in [5.74, 6) is 0.821. The van der Waals surface area contributed by atoms with Crippen LogP contribution >= 0.6 is 0 Å². The summed E-state index contributed by atoms with van der Waals surface area (Å²) in [6, 6.07) is 17.8. The number of nitrogens with two attached hydrogens (primary N) is 1. The Hall–Kier alpha value is -3.18. The first-order valence-electron chi connectivity index (χ1n) is 9.28. The number of hydrogen-bond acceptors (Lipinski definition) is 5. The van der Waals surface area contributed by atoms with Crippen molar-refractivity contribution in [3.63, 3.8) is 0 Å². The zero-order chi connectivity index (χ0) is 19.9. The van der Waals surface area contributed by atoms with E-state index in [9.17, 15) is 0 Å². The predicted molar refractivity (Wildman–Crippen MR) is 115 cm³/mol. The molecule has 3 N–H and O–H groups in total. The second-order valence-electron chi connectivity index (χ2n) is 6.97. The summed E-state index contributed by atoms with van der Waals surface area (Å²) >= 11 is 0. The molecule has 0 fully saturated rings. The molecule has 5 nitrogen and oxygen atoms in total. The Morgan fingerprint density at radius 1 is 1.11 bits per heavy atom. The highest BCUT2D eigenvalue weighted by Crippen LogP contribution is 2.32. The van der Waals surface area contributed by atoms with Gasteiger partial charge in [-0.3, -0.25) is 4.98 Å². The van der Waals surface area contributed by atoms with E-state index in [0.29, 0.717) is 24.6 Å². The first-order chi connectivity index (χ1) is 13.5. The van der Waals surface area contributed by atoms with Crippen LogP contribution < -0.4 is 10.5 Å². The second-order valence-corrected chi connectivity index (χ2v) is 6.97. The molecule has 0 bridgehead atoms. The molecule has 144 valence electrons. The Morgan fingerprint density at radius 3 is 2.68 bits per heavy atom. The molecule has 3 aromatic rings. The number of nitrogens with one attached hydrogen (secondary N) is 1. The van der Waals surface area contributed by atoms with Crippen molar-refractivity contribution in [1.29, 1.82) is 5.41 Å². The largest absolute Gasteiger partial charge is 0.493 e. The van der Waals surface area contributed by atoms with Crippen molar-refractivity contribution < 1.29 is 4.74 Å². The molecule has 0 atom stereocenters. The number of benzene rings is 2. The molecule has 0 amide bonds. The lowest BCUT2D eigenvalue weighted by molar-refractivity contribution is 0.323. The Bertz CT molecular complexity index is 938. The molecule has 1 heterocycles. The lowest BCUT2D eigenvalue weighted by Crippen LogP contribution is -2.22. The van der Waals surface area contributed by atoms with Gasteiger partial charge in [0, 0.05) is 42.2 Å². The van der Waals surface area contributed by atoms with Gasteiger partial charge in [0.05, 0.1) is 12.3 Å². The van der Waals surface area contributed by atoms with Gasteiger partial charge >= 0.3 is 0 Å². The smallest absolute Gasteiger partial charge is 0.127 e. The SMILES string of the molecule is CN(C)CC(=N)c1cc(-c2ccccc2OCCc2cccnc2)ccc1N. The van der Waals surface area contributed by atoms with E-state index in [1.54, 1.807) is 6.20 Å². The molecule has 1 aromatic heterocycles. The molecule has 0 unspecified atom stereocenters. The summed E-state index contributed by atoms with van der Waals surface area (Å²) in [5, 5.41) is 8.36. The molecule has 2 aromatic carbocycles. The lowest BCUT2D eigenvalue weighted by Gasteiger charge is -2.16. The van der Waals surface area contributed by atoms with Gasteiger partial charge in [-0.25, -0.2) is 0 Å². The molecule has 5 heteroatoms. The number of aromatic nitrogens is 1. The molecule has 0 saturated carbocycles. The van der Waals surface area contributed by atoms with Crippen LogP contribution in [0.15, 0.2) is 67.0 Å². The van der Waals surface area contributed by atoms with Crippen molar-refractivity contribution in [3.05, 3.63) is 78.1 Å². The topological polar surface area (TPSA) is 75.2 Å². The van der Waals surface area contributed by atoms with Crippen LogP contribution in [-0.4, -0.2) is 42.8 Å². The Kier molecular flexibility index (Phi) is 6.40. The van der Waals surface area contributed by atoms with Gasteiger partial charge in [0.25, 0.3) is 0 Å². The van der Waals surface area contributed by atoms with Crippen molar-refractivity contribution in [3.8, 4) is 16.9 Å². The van der Waals surface area contributed by atoms with E-state index in [0.717, 1.165) is 34.4 Å². The monoisotopic (exact) mass is 374 g/mol. The van der Waals surface area contributed by atoms with E-state index in [-0.39, 0.29) is 0 Å². The summed E-state index contributed by atoms with van der Waals surface area (Å²) in [6.45, 7) is 1.11. The molecule has 0 aliphatic carbocycles. The van der Waals surface area contributed by atoms with Crippen molar-refractivity contribution in [2.45, 2.75) is 6.42 Å². The molecule has 3 rings (SSSR count). The molecular weight excluding hydrogens is 348 g/mol. The number of pyridine rings is 1. The van der Waals surface area contributed by atoms with Crippen molar-refractivity contribution in [2.24, 2.45) is 0 Å². The van der Waals surface area contributed by atoms with E-state index < -0.39 is 0 Å². The van der Waals surface area contributed by atoms with E-state index in [1.165, 1.54) is 0 Å². The van der Waals surface area contributed by atoms with Crippen LogP contribution in [0.4, 0.5) is 5.69 Å². The summed E-state index contributed by atoms with van der Waals surface area (Å²) in [5.41, 5.74) is 11.1.